The lowest BCUT2D eigenvalue weighted by Crippen LogP contribution is -2.57. The Labute approximate surface area is 125 Å². The van der Waals surface area contributed by atoms with Crippen molar-refractivity contribution in [2.45, 2.75) is 75.3 Å². The summed E-state index contributed by atoms with van der Waals surface area (Å²) >= 11 is 1.44. The van der Waals surface area contributed by atoms with E-state index >= 15 is 0 Å². The molecule has 20 heavy (non-hydrogen) atoms. The van der Waals surface area contributed by atoms with Crippen molar-refractivity contribution in [1.29, 1.82) is 0 Å². The molecule has 1 heterocycles. The maximum atomic E-state index is 9.86. The molecule has 1 aliphatic heterocycles. The zero-order valence-electron chi connectivity index (χ0n) is 12.1. The first-order chi connectivity index (χ1) is 9.61. The van der Waals surface area contributed by atoms with Crippen LogP contribution in [0.15, 0.2) is 0 Å². The van der Waals surface area contributed by atoms with E-state index in [1.165, 1.54) is 37.4 Å². The van der Waals surface area contributed by atoms with Gasteiger partial charge in [0.05, 0.1) is 6.61 Å². The van der Waals surface area contributed by atoms with Crippen molar-refractivity contribution in [1.82, 2.24) is 0 Å². The Bertz CT molecular complexity index is 252. The third-order valence-electron chi connectivity index (χ3n) is 3.63. The van der Waals surface area contributed by atoms with Crippen LogP contribution in [0.25, 0.3) is 0 Å². The monoisotopic (exact) mass is 308 g/mol. The number of hydrogen-bond acceptors (Lipinski definition) is 6. The van der Waals surface area contributed by atoms with Gasteiger partial charge in [0.2, 0.25) is 0 Å². The van der Waals surface area contributed by atoms with Gasteiger partial charge in [-0.05, 0) is 12.2 Å². The van der Waals surface area contributed by atoms with E-state index in [4.69, 9.17) is 9.84 Å². The molecule has 0 unspecified atom stereocenters. The Morgan fingerprint density at radius 2 is 1.55 bits per heavy atom. The summed E-state index contributed by atoms with van der Waals surface area (Å²) in [6.07, 6.45) is 2.77. The van der Waals surface area contributed by atoms with Crippen LogP contribution >= 0.6 is 11.8 Å². The van der Waals surface area contributed by atoms with Gasteiger partial charge in [-0.15, -0.1) is 11.8 Å². The number of aliphatic hydroxyl groups is 4. The van der Waals surface area contributed by atoms with Crippen LogP contribution in [-0.4, -0.2) is 62.6 Å². The van der Waals surface area contributed by atoms with E-state index in [1.807, 2.05) is 0 Å². The van der Waals surface area contributed by atoms with E-state index in [9.17, 15) is 15.3 Å². The highest BCUT2D eigenvalue weighted by molar-refractivity contribution is 7.99. The van der Waals surface area contributed by atoms with Crippen molar-refractivity contribution in [3.63, 3.8) is 0 Å². The fourth-order valence-corrected chi connectivity index (χ4v) is 3.47. The lowest BCUT2D eigenvalue weighted by Gasteiger charge is -2.39. The molecule has 0 aromatic heterocycles. The molecule has 1 saturated heterocycles. The van der Waals surface area contributed by atoms with Crippen molar-refractivity contribution < 1.29 is 25.2 Å². The molecule has 1 aliphatic rings. The van der Waals surface area contributed by atoms with Crippen LogP contribution in [0.1, 0.15) is 45.4 Å². The van der Waals surface area contributed by atoms with E-state index in [2.05, 4.69) is 6.92 Å². The van der Waals surface area contributed by atoms with E-state index in [0.29, 0.717) is 0 Å². The van der Waals surface area contributed by atoms with Gasteiger partial charge in [0.1, 0.15) is 29.9 Å². The van der Waals surface area contributed by atoms with Crippen LogP contribution in [0.4, 0.5) is 0 Å². The molecule has 1 fully saturated rings. The number of rotatable bonds is 9. The highest BCUT2D eigenvalue weighted by atomic mass is 32.2. The molecule has 1 rings (SSSR count). The minimum atomic E-state index is -1.26. The van der Waals surface area contributed by atoms with Crippen molar-refractivity contribution >= 4 is 11.8 Å². The highest BCUT2D eigenvalue weighted by Crippen LogP contribution is 2.29. The van der Waals surface area contributed by atoms with E-state index in [1.54, 1.807) is 0 Å². The summed E-state index contributed by atoms with van der Waals surface area (Å²) in [5, 5.41) is 38.3. The summed E-state index contributed by atoms with van der Waals surface area (Å²) in [6, 6.07) is 0. The van der Waals surface area contributed by atoms with Crippen molar-refractivity contribution in [3.05, 3.63) is 0 Å². The summed E-state index contributed by atoms with van der Waals surface area (Å²) in [7, 11) is 0. The lowest BCUT2D eigenvalue weighted by atomic mass is 10.0. The van der Waals surface area contributed by atoms with Crippen LogP contribution in [0.5, 0.6) is 0 Å². The predicted octanol–water partition coefficient (Wildman–Crippen LogP) is 0.880. The SMILES string of the molecule is CCCCCCCCS[C@@H]1O[C@@H](CO)[C@@H](O)[C@@H](O)[C@@H]1O. The normalized spacial score (nSPS) is 34.4. The molecular formula is C14H28O5S. The Morgan fingerprint density at radius 3 is 2.20 bits per heavy atom. The Morgan fingerprint density at radius 1 is 0.900 bits per heavy atom. The number of thioether (sulfide) groups is 1. The Hall–Kier alpha value is 0.150. The molecule has 0 aromatic rings. The van der Waals surface area contributed by atoms with Gasteiger partial charge in [-0.1, -0.05) is 39.0 Å². The molecular weight excluding hydrogens is 280 g/mol. The number of unbranched alkanes of at least 4 members (excludes halogenated alkanes) is 5. The first-order valence-corrected chi connectivity index (χ1v) is 8.58. The largest absolute Gasteiger partial charge is 0.394 e. The summed E-state index contributed by atoms with van der Waals surface area (Å²) in [6.45, 7) is 1.83. The van der Waals surface area contributed by atoms with Crippen LogP contribution in [-0.2, 0) is 4.74 Å². The zero-order chi connectivity index (χ0) is 15.0. The van der Waals surface area contributed by atoms with Crippen molar-refractivity contribution in [3.8, 4) is 0 Å². The Kier molecular flexibility index (Phi) is 9.08. The van der Waals surface area contributed by atoms with Gasteiger partial charge in [0.15, 0.2) is 0 Å². The average molecular weight is 308 g/mol. The Balaban J connectivity index is 2.21. The van der Waals surface area contributed by atoms with Crippen LogP contribution in [0, 0.1) is 0 Å². The molecule has 5 nitrogen and oxygen atoms in total. The minimum Gasteiger partial charge on any atom is -0.394 e. The summed E-state index contributed by atoms with van der Waals surface area (Å²) < 4.78 is 5.43. The summed E-state index contributed by atoms with van der Waals surface area (Å²) in [4.78, 5) is 0. The van der Waals surface area contributed by atoms with E-state index < -0.39 is 29.9 Å². The van der Waals surface area contributed by atoms with Crippen LogP contribution < -0.4 is 0 Å². The van der Waals surface area contributed by atoms with E-state index in [0.717, 1.165) is 18.6 Å². The first kappa shape index (κ1) is 18.2. The maximum absolute atomic E-state index is 9.86. The maximum Gasteiger partial charge on any atom is 0.132 e. The molecule has 0 aliphatic carbocycles. The second-order valence-corrected chi connectivity index (χ2v) is 6.54. The molecule has 0 bridgehead atoms. The lowest BCUT2D eigenvalue weighted by molar-refractivity contribution is -0.205. The smallest absolute Gasteiger partial charge is 0.132 e. The highest BCUT2D eigenvalue weighted by Gasteiger charge is 2.43. The number of hydrogen-bond donors (Lipinski definition) is 4. The van der Waals surface area contributed by atoms with Crippen molar-refractivity contribution in [2.24, 2.45) is 0 Å². The van der Waals surface area contributed by atoms with Gasteiger partial charge in [-0.25, -0.2) is 0 Å². The first-order valence-electron chi connectivity index (χ1n) is 7.54. The number of aliphatic hydroxyl groups excluding tert-OH is 4. The van der Waals surface area contributed by atoms with Crippen molar-refractivity contribution in [2.75, 3.05) is 12.4 Å². The third kappa shape index (κ3) is 5.50. The predicted molar refractivity (Wildman–Crippen MR) is 79.6 cm³/mol. The molecule has 0 amide bonds. The molecule has 6 heteroatoms. The third-order valence-corrected chi connectivity index (χ3v) is 4.87. The molecule has 0 spiro atoms. The molecule has 0 aromatic carbocycles. The summed E-state index contributed by atoms with van der Waals surface area (Å²) in [5.41, 5.74) is -0.582. The van der Waals surface area contributed by atoms with Gasteiger partial charge < -0.3 is 25.2 Å². The minimum absolute atomic E-state index is 0.362. The van der Waals surface area contributed by atoms with Gasteiger partial charge in [-0.3, -0.25) is 0 Å². The molecule has 5 atom stereocenters. The summed E-state index contributed by atoms with van der Waals surface area (Å²) in [5.74, 6) is 0.842. The molecule has 0 saturated carbocycles. The average Bonchev–Trinajstić information content (AvgIpc) is 2.46. The fraction of sp³-hybridized carbons (Fsp3) is 1.00. The second-order valence-electron chi connectivity index (χ2n) is 5.34. The number of ether oxygens (including phenoxy) is 1. The van der Waals surface area contributed by atoms with Crippen LogP contribution in [0.3, 0.4) is 0 Å². The van der Waals surface area contributed by atoms with Gasteiger partial charge in [0, 0.05) is 0 Å². The standard InChI is InChI=1S/C14H28O5S/c1-2-3-4-5-6-7-8-20-14-13(18)12(17)11(16)10(9-15)19-14/h10-18H,2-9H2,1H3/t10-,11+,12+,13-,14-/m0/s1. The van der Waals surface area contributed by atoms with Gasteiger partial charge in [0.25, 0.3) is 0 Å². The molecule has 120 valence electrons. The fourth-order valence-electron chi connectivity index (χ4n) is 2.29. The van der Waals surface area contributed by atoms with E-state index in [-0.39, 0.29) is 6.61 Å². The topological polar surface area (TPSA) is 90.2 Å². The molecule has 0 radical (unpaired) electrons. The van der Waals surface area contributed by atoms with Crippen LogP contribution in [0.2, 0.25) is 0 Å². The molecule has 4 N–H and O–H groups in total. The quantitative estimate of drug-likeness (QED) is 0.473. The second kappa shape index (κ2) is 9.97. The van der Waals surface area contributed by atoms with Gasteiger partial charge >= 0.3 is 0 Å². The zero-order valence-corrected chi connectivity index (χ0v) is 13.0. The van der Waals surface area contributed by atoms with Gasteiger partial charge in [-0.2, -0.15) is 0 Å².